The minimum atomic E-state index is -6.00. The minimum absolute atomic E-state index is 0.463. The summed E-state index contributed by atoms with van der Waals surface area (Å²) in [5.74, 6) is 0. The van der Waals surface area contributed by atoms with E-state index in [1.807, 2.05) is 26.0 Å². The van der Waals surface area contributed by atoms with Gasteiger partial charge in [-0.2, -0.15) is 0 Å². The number of rotatable bonds is 3. The molecular weight excluding hydrogens is 344 g/mol. The summed E-state index contributed by atoms with van der Waals surface area (Å²) in [6.07, 6.45) is 2.05. The van der Waals surface area contributed by atoms with E-state index in [2.05, 4.69) is 0 Å². The van der Waals surface area contributed by atoms with Gasteiger partial charge in [-0.25, -0.2) is 0 Å². The average molecular weight is 360 g/mol. The van der Waals surface area contributed by atoms with Crippen LogP contribution in [0.15, 0.2) is 24.3 Å². The van der Waals surface area contributed by atoms with Crippen molar-refractivity contribution in [3.63, 3.8) is 0 Å². The topological polar surface area (TPSA) is 0 Å². The second kappa shape index (κ2) is 7.55. The second-order valence-corrected chi connectivity index (χ2v) is 6.87. The maximum atomic E-state index is 13.2. The fourth-order valence-electron chi connectivity index (χ4n) is 2.16. The zero-order valence-corrected chi connectivity index (χ0v) is 13.4. The third-order valence-corrected chi connectivity index (χ3v) is 5.12. The minimum Gasteiger partial charge on any atom is -0.418 e. The molecule has 23 heavy (non-hydrogen) atoms. The number of fused-ring (bicyclic) bond motifs is 1. The first kappa shape index (κ1) is 19.8. The molecule has 0 aliphatic rings. The van der Waals surface area contributed by atoms with Crippen LogP contribution < -0.4 is 0 Å². The van der Waals surface area contributed by atoms with Crippen molar-refractivity contribution in [1.82, 2.24) is 0 Å². The normalized spacial score (nSPS) is 13.0. The molecule has 0 saturated carbocycles. The predicted molar refractivity (Wildman–Crippen MR) is 81.3 cm³/mol. The number of alkyl halides is 3. The van der Waals surface area contributed by atoms with Crippen molar-refractivity contribution in [3.8, 4) is 0 Å². The SMILES string of the molecule is CCCc1cc2ccc(CC)cc2[s+]1C(F)(F)F.F[B-](F)(F)F. The van der Waals surface area contributed by atoms with Crippen molar-refractivity contribution < 1.29 is 30.4 Å². The third kappa shape index (κ3) is 6.04. The average Bonchev–Trinajstić information content (AvgIpc) is 2.73. The molecular formula is C14H16BF7S. The highest BCUT2D eigenvalue weighted by molar-refractivity contribution is 7.38. The Balaban J connectivity index is 0.000000463. The van der Waals surface area contributed by atoms with Gasteiger partial charge in [-0.1, -0.05) is 19.9 Å². The molecule has 0 aliphatic carbocycles. The molecule has 9 heteroatoms. The molecule has 0 fully saturated rings. The van der Waals surface area contributed by atoms with Crippen LogP contribution in [0.25, 0.3) is 10.1 Å². The van der Waals surface area contributed by atoms with Crippen LogP contribution in [-0.2, 0) is 18.3 Å². The summed E-state index contributed by atoms with van der Waals surface area (Å²) in [5.41, 5.74) is -3.18. The Morgan fingerprint density at radius 2 is 1.57 bits per heavy atom. The molecule has 1 heterocycles. The molecule has 1 aromatic heterocycles. The third-order valence-electron chi connectivity index (χ3n) is 3.01. The number of halogens is 7. The molecule has 130 valence electrons. The molecule has 0 saturated heterocycles. The van der Waals surface area contributed by atoms with Gasteiger partial charge in [0.15, 0.2) is 9.58 Å². The Bertz CT molecular complexity index is 637. The maximum absolute atomic E-state index is 13.2. The predicted octanol–water partition coefficient (Wildman–Crippen LogP) is 6.88. The van der Waals surface area contributed by atoms with E-state index in [1.54, 1.807) is 12.1 Å². The summed E-state index contributed by atoms with van der Waals surface area (Å²) < 4.78 is 79.1. The summed E-state index contributed by atoms with van der Waals surface area (Å²) in [4.78, 5) is 0.535. The van der Waals surface area contributed by atoms with Gasteiger partial charge in [0.05, 0.1) is 10.5 Å². The highest BCUT2D eigenvalue weighted by Gasteiger charge is 2.47. The van der Waals surface area contributed by atoms with Gasteiger partial charge in [0.25, 0.3) is 0 Å². The van der Waals surface area contributed by atoms with Crippen LogP contribution in [0.2, 0.25) is 0 Å². The van der Waals surface area contributed by atoms with E-state index in [1.165, 1.54) is 0 Å². The summed E-state index contributed by atoms with van der Waals surface area (Å²) in [7, 11) is -7.71. The van der Waals surface area contributed by atoms with Crippen LogP contribution in [-0.4, -0.2) is 7.25 Å². The van der Waals surface area contributed by atoms with E-state index in [4.69, 9.17) is 0 Å². The Labute approximate surface area is 132 Å². The van der Waals surface area contributed by atoms with Crippen LogP contribution in [0.4, 0.5) is 30.4 Å². The lowest BCUT2D eigenvalue weighted by atomic mass is 10.1. The fourth-order valence-corrected chi connectivity index (χ4v) is 4.28. The highest BCUT2D eigenvalue weighted by Crippen LogP contribution is 2.51. The Kier molecular flexibility index (Phi) is 6.50. The quantitative estimate of drug-likeness (QED) is 0.318. The molecule has 2 rings (SSSR count). The van der Waals surface area contributed by atoms with Crippen LogP contribution in [0.5, 0.6) is 0 Å². The zero-order valence-electron chi connectivity index (χ0n) is 12.6. The Morgan fingerprint density at radius 3 is 2.00 bits per heavy atom. The van der Waals surface area contributed by atoms with Crippen molar-refractivity contribution in [1.29, 1.82) is 0 Å². The Hall–Kier alpha value is -1.25. The van der Waals surface area contributed by atoms with Crippen LogP contribution in [0, 0.1) is 0 Å². The van der Waals surface area contributed by atoms with Gasteiger partial charge in [0.2, 0.25) is 0 Å². The van der Waals surface area contributed by atoms with E-state index in [0.29, 0.717) is 16.0 Å². The second-order valence-electron chi connectivity index (χ2n) is 4.83. The van der Waals surface area contributed by atoms with Crippen LogP contribution in [0.1, 0.15) is 30.7 Å². The summed E-state index contributed by atoms with van der Waals surface area (Å²) in [5, 5.41) is 0.747. The molecule has 0 radical (unpaired) electrons. The first-order valence-electron chi connectivity index (χ1n) is 6.99. The fraction of sp³-hybridized carbons (Fsp3) is 0.429. The van der Waals surface area contributed by atoms with Gasteiger partial charge in [-0.05, 0) is 24.5 Å². The summed E-state index contributed by atoms with van der Waals surface area (Å²) in [6.45, 7) is 3.88. The van der Waals surface area contributed by atoms with Gasteiger partial charge in [0.1, 0.15) is 0 Å². The van der Waals surface area contributed by atoms with Crippen molar-refractivity contribution in [2.75, 3.05) is 0 Å². The first-order chi connectivity index (χ1) is 10.5. The first-order valence-corrected chi connectivity index (χ1v) is 8.21. The summed E-state index contributed by atoms with van der Waals surface area (Å²) in [6, 6.07) is 7.20. The van der Waals surface area contributed by atoms with Crippen molar-refractivity contribution in [3.05, 3.63) is 34.7 Å². The standard InChI is InChI=1S/C14H16F3S.BF4/c1-3-5-12-9-11-7-6-10(4-2)8-13(11)18(12)14(15,16)17;2-1(3,4)5/h6-9H,3-5H2,1-2H3;/q+1;-1. The Morgan fingerprint density at radius 1 is 1.00 bits per heavy atom. The monoisotopic (exact) mass is 360 g/mol. The number of thiophene rings is 1. The molecule has 1 atom stereocenters. The van der Waals surface area contributed by atoms with Crippen molar-refractivity contribution >= 4 is 27.8 Å². The van der Waals surface area contributed by atoms with Gasteiger partial charge in [-0.3, -0.25) is 0 Å². The van der Waals surface area contributed by atoms with E-state index in [0.717, 1.165) is 23.8 Å². The largest absolute Gasteiger partial charge is 0.673 e. The van der Waals surface area contributed by atoms with E-state index in [-0.39, 0.29) is 0 Å². The van der Waals surface area contributed by atoms with Gasteiger partial charge < -0.3 is 17.3 Å². The lowest BCUT2D eigenvalue weighted by molar-refractivity contribution is -0.0867. The van der Waals surface area contributed by atoms with E-state index in [9.17, 15) is 30.4 Å². The molecule has 0 aliphatic heterocycles. The number of aryl methyl sites for hydroxylation is 2. The van der Waals surface area contributed by atoms with E-state index >= 15 is 0 Å². The zero-order chi connectivity index (χ0) is 17.8. The van der Waals surface area contributed by atoms with Crippen LogP contribution >= 0.6 is 10.5 Å². The maximum Gasteiger partial charge on any atom is 0.673 e. The lowest BCUT2D eigenvalue weighted by Gasteiger charge is -2.00. The molecule has 0 nitrogen and oxygen atoms in total. The smallest absolute Gasteiger partial charge is 0.418 e. The van der Waals surface area contributed by atoms with Crippen LogP contribution in [0.3, 0.4) is 0 Å². The molecule has 0 bridgehead atoms. The van der Waals surface area contributed by atoms with Gasteiger partial charge >= 0.3 is 12.8 Å². The molecule has 0 N–H and O–H groups in total. The molecule has 0 amide bonds. The molecule has 0 spiro atoms. The van der Waals surface area contributed by atoms with Crippen molar-refractivity contribution in [2.45, 2.75) is 38.6 Å². The van der Waals surface area contributed by atoms with E-state index < -0.39 is 23.2 Å². The highest BCUT2D eigenvalue weighted by atomic mass is 32.2. The van der Waals surface area contributed by atoms with Gasteiger partial charge in [-0.15, -0.1) is 13.2 Å². The molecule has 1 unspecified atom stereocenters. The lowest BCUT2D eigenvalue weighted by Crippen LogP contribution is -2.02. The number of hydrogen-bond acceptors (Lipinski definition) is 0. The molecule has 2 aromatic rings. The number of hydrogen-bond donors (Lipinski definition) is 0. The van der Waals surface area contributed by atoms with Crippen molar-refractivity contribution in [2.24, 2.45) is 0 Å². The molecule has 1 aromatic carbocycles. The van der Waals surface area contributed by atoms with Gasteiger partial charge in [0, 0.05) is 23.9 Å². The number of benzene rings is 1. The summed E-state index contributed by atoms with van der Waals surface area (Å²) >= 11 is 0.